The van der Waals surface area contributed by atoms with Crippen molar-refractivity contribution in [2.75, 3.05) is 26.7 Å². The second-order valence-corrected chi connectivity index (χ2v) is 9.08. The number of piperidine rings is 1. The zero-order chi connectivity index (χ0) is 22.2. The molecular formula is C23H35FIN5OS. The summed E-state index contributed by atoms with van der Waals surface area (Å²) < 4.78 is 18.9. The van der Waals surface area contributed by atoms with Gasteiger partial charge >= 0.3 is 0 Å². The first-order valence-corrected chi connectivity index (χ1v) is 11.9. The molecule has 2 aromatic rings. The molecule has 1 saturated heterocycles. The summed E-state index contributed by atoms with van der Waals surface area (Å²) in [4.78, 5) is 11.8. The van der Waals surface area contributed by atoms with Gasteiger partial charge in [-0.05, 0) is 37.5 Å². The van der Waals surface area contributed by atoms with E-state index in [9.17, 15) is 4.39 Å². The molecule has 0 amide bonds. The van der Waals surface area contributed by atoms with Crippen LogP contribution in [0.15, 0.2) is 28.6 Å². The van der Waals surface area contributed by atoms with E-state index in [1.807, 2.05) is 6.07 Å². The third kappa shape index (κ3) is 7.84. The van der Waals surface area contributed by atoms with Gasteiger partial charge in [-0.3, -0.25) is 4.90 Å². The standard InChI is InChI=1S/C23H34FN5OS.HI/c1-5-25-23(26-13-19-15-31-22(27-19)16(2)3)28-18-8-10-29(11-9-18)14-17-6-7-21(30-4)20(24)12-17;/h6-7,12,15-16,18H,5,8-11,13-14H2,1-4H3,(H2,25,26,28);1H. The third-order valence-corrected chi connectivity index (χ3v) is 6.55. The van der Waals surface area contributed by atoms with Crippen molar-refractivity contribution in [3.05, 3.63) is 45.7 Å². The molecule has 0 saturated carbocycles. The van der Waals surface area contributed by atoms with E-state index < -0.39 is 0 Å². The number of ether oxygens (including phenoxy) is 1. The molecule has 1 aliphatic rings. The molecule has 0 radical (unpaired) electrons. The monoisotopic (exact) mass is 575 g/mol. The van der Waals surface area contributed by atoms with E-state index in [2.05, 4.69) is 46.7 Å². The molecule has 2 heterocycles. The van der Waals surface area contributed by atoms with Crippen LogP contribution in [-0.4, -0.2) is 48.6 Å². The van der Waals surface area contributed by atoms with E-state index in [4.69, 9.17) is 9.73 Å². The molecule has 2 N–H and O–H groups in total. The highest BCUT2D eigenvalue weighted by Gasteiger charge is 2.20. The van der Waals surface area contributed by atoms with E-state index in [1.165, 1.54) is 7.11 Å². The van der Waals surface area contributed by atoms with Gasteiger partial charge in [-0.15, -0.1) is 35.3 Å². The Kier molecular flexibility index (Phi) is 11.1. The molecule has 6 nitrogen and oxygen atoms in total. The number of guanidine groups is 1. The number of likely N-dealkylation sites (tertiary alicyclic amines) is 1. The van der Waals surface area contributed by atoms with Gasteiger partial charge in [-0.25, -0.2) is 14.4 Å². The molecule has 9 heteroatoms. The summed E-state index contributed by atoms with van der Waals surface area (Å²) >= 11 is 1.70. The number of nitrogens with one attached hydrogen (secondary N) is 2. The average Bonchev–Trinajstić information content (AvgIpc) is 3.23. The minimum atomic E-state index is -0.302. The van der Waals surface area contributed by atoms with Gasteiger partial charge in [0.05, 0.1) is 24.4 Å². The molecule has 1 fully saturated rings. The number of hydrogen-bond acceptors (Lipinski definition) is 5. The zero-order valence-electron chi connectivity index (χ0n) is 19.4. The summed E-state index contributed by atoms with van der Waals surface area (Å²) in [6, 6.07) is 5.58. The third-order valence-electron chi connectivity index (χ3n) is 5.36. The highest BCUT2D eigenvalue weighted by Crippen LogP contribution is 2.21. The predicted octanol–water partition coefficient (Wildman–Crippen LogP) is 4.75. The van der Waals surface area contributed by atoms with Crippen molar-refractivity contribution in [1.29, 1.82) is 0 Å². The molecule has 0 atom stereocenters. The van der Waals surface area contributed by atoms with E-state index in [-0.39, 0.29) is 29.8 Å². The van der Waals surface area contributed by atoms with Crippen LogP contribution in [0.4, 0.5) is 4.39 Å². The molecule has 0 unspecified atom stereocenters. The smallest absolute Gasteiger partial charge is 0.191 e. The van der Waals surface area contributed by atoms with Gasteiger partial charge in [0, 0.05) is 43.5 Å². The molecule has 3 rings (SSSR count). The topological polar surface area (TPSA) is 61.8 Å². The number of thiazole rings is 1. The summed E-state index contributed by atoms with van der Waals surface area (Å²) in [5.74, 6) is 1.29. The Morgan fingerprint density at radius 2 is 2.09 bits per heavy atom. The first-order chi connectivity index (χ1) is 15.0. The van der Waals surface area contributed by atoms with Crippen LogP contribution in [0.5, 0.6) is 5.75 Å². The van der Waals surface area contributed by atoms with Crippen LogP contribution < -0.4 is 15.4 Å². The lowest BCUT2D eigenvalue weighted by atomic mass is 10.0. The summed E-state index contributed by atoms with van der Waals surface area (Å²) in [6.07, 6.45) is 2.05. The molecule has 0 aliphatic carbocycles. The number of rotatable bonds is 8. The summed E-state index contributed by atoms with van der Waals surface area (Å²) in [5.41, 5.74) is 2.00. The fraction of sp³-hybridized carbons (Fsp3) is 0.565. The van der Waals surface area contributed by atoms with E-state index in [1.54, 1.807) is 23.5 Å². The number of hydrogen-bond donors (Lipinski definition) is 2. The highest BCUT2D eigenvalue weighted by atomic mass is 127. The number of methoxy groups -OCH3 is 1. The lowest BCUT2D eigenvalue weighted by molar-refractivity contribution is 0.198. The second kappa shape index (κ2) is 13.3. The minimum Gasteiger partial charge on any atom is -0.494 e. The van der Waals surface area contributed by atoms with Crippen LogP contribution >= 0.6 is 35.3 Å². The van der Waals surface area contributed by atoms with Crippen molar-refractivity contribution in [3.63, 3.8) is 0 Å². The van der Waals surface area contributed by atoms with Crippen molar-refractivity contribution >= 4 is 41.3 Å². The molecule has 1 aromatic carbocycles. The zero-order valence-corrected chi connectivity index (χ0v) is 22.5. The SMILES string of the molecule is CCNC(=NCc1csc(C(C)C)n1)NC1CCN(Cc2ccc(OC)c(F)c2)CC1.I. The number of halogens is 2. The molecule has 1 aromatic heterocycles. The van der Waals surface area contributed by atoms with E-state index in [0.29, 0.717) is 24.3 Å². The van der Waals surface area contributed by atoms with Crippen LogP contribution in [0.25, 0.3) is 0 Å². The number of nitrogens with zero attached hydrogens (tertiary/aromatic N) is 3. The van der Waals surface area contributed by atoms with E-state index >= 15 is 0 Å². The Bertz CT molecular complexity index is 868. The predicted molar refractivity (Wildman–Crippen MR) is 141 cm³/mol. The highest BCUT2D eigenvalue weighted by molar-refractivity contribution is 14.0. The summed E-state index contributed by atoms with van der Waals surface area (Å²) in [7, 11) is 1.49. The van der Waals surface area contributed by atoms with Crippen molar-refractivity contribution in [2.24, 2.45) is 4.99 Å². The van der Waals surface area contributed by atoms with Gasteiger partial charge in [-0.1, -0.05) is 19.9 Å². The first kappa shape index (κ1) is 26.8. The van der Waals surface area contributed by atoms with Crippen LogP contribution in [-0.2, 0) is 13.1 Å². The maximum atomic E-state index is 13.9. The van der Waals surface area contributed by atoms with Gasteiger partial charge in [-0.2, -0.15) is 0 Å². The van der Waals surface area contributed by atoms with Gasteiger partial charge in [0.1, 0.15) is 0 Å². The van der Waals surface area contributed by atoms with E-state index in [0.717, 1.165) is 61.2 Å². The Hall–Kier alpha value is -1.46. The van der Waals surface area contributed by atoms with Gasteiger partial charge < -0.3 is 15.4 Å². The Morgan fingerprint density at radius 3 is 2.69 bits per heavy atom. The lowest BCUT2D eigenvalue weighted by Gasteiger charge is -2.33. The van der Waals surface area contributed by atoms with Crippen molar-refractivity contribution in [1.82, 2.24) is 20.5 Å². The number of benzene rings is 1. The fourth-order valence-electron chi connectivity index (χ4n) is 3.64. The number of aromatic nitrogens is 1. The molecule has 0 bridgehead atoms. The Balaban J connectivity index is 0.00000363. The van der Waals surface area contributed by atoms with Gasteiger partial charge in [0.2, 0.25) is 0 Å². The normalized spacial score (nSPS) is 15.5. The van der Waals surface area contributed by atoms with Crippen LogP contribution in [0.2, 0.25) is 0 Å². The Labute approximate surface area is 212 Å². The van der Waals surface area contributed by atoms with Crippen molar-refractivity contribution < 1.29 is 9.13 Å². The van der Waals surface area contributed by atoms with Crippen molar-refractivity contribution in [3.8, 4) is 5.75 Å². The van der Waals surface area contributed by atoms with Gasteiger partial charge in [0.25, 0.3) is 0 Å². The van der Waals surface area contributed by atoms with Crippen LogP contribution in [0, 0.1) is 5.82 Å². The lowest BCUT2D eigenvalue weighted by Crippen LogP contribution is -2.48. The molecule has 1 aliphatic heterocycles. The molecule has 32 heavy (non-hydrogen) atoms. The summed E-state index contributed by atoms with van der Waals surface area (Å²) in [6.45, 7) is 10.5. The first-order valence-electron chi connectivity index (χ1n) is 11.0. The largest absolute Gasteiger partial charge is 0.494 e. The maximum absolute atomic E-state index is 13.9. The minimum absolute atomic E-state index is 0. The molecular weight excluding hydrogens is 540 g/mol. The maximum Gasteiger partial charge on any atom is 0.191 e. The van der Waals surface area contributed by atoms with Gasteiger partial charge in [0.15, 0.2) is 17.5 Å². The van der Waals surface area contributed by atoms with Crippen LogP contribution in [0.3, 0.4) is 0 Å². The van der Waals surface area contributed by atoms with Crippen LogP contribution in [0.1, 0.15) is 55.8 Å². The summed E-state index contributed by atoms with van der Waals surface area (Å²) in [5, 5.41) is 10.2. The number of aliphatic imine (C=N–C) groups is 1. The molecule has 178 valence electrons. The molecule has 0 spiro atoms. The second-order valence-electron chi connectivity index (χ2n) is 8.19. The average molecular weight is 576 g/mol. The Morgan fingerprint density at radius 1 is 1.34 bits per heavy atom. The van der Waals surface area contributed by atoms with Crippen molar-refractivity contribution in [2.45, 2.75) is 58.7 Å². The fourth-order valence-corrected chi connectivity index (χ4v) is 4.46. The quantitative estimate of drug-likeness (QED) is 0.270.